The molecule has 1 aliphatic heterocycles. The van der Waals surface area contributed by atoms with Crippen molar-refractivity contribution >= 4 is 15.5 Å². The van der Waals surface area contributed by atoms with Crippen molar-refractivity contribution in [1.29, 1.82) is 0 Å². The van der Waals surface area contributed by atoms with Crippen LogP contribution in [-0.4, -0.2) is 37.2 Å². The molecule has 2 unspecified atom stereocenters. The van der Waals surface area contributed by atoms with E-state index in [1.165, 1.54) is 6.07 Å². The van der Waals surface area contributed by atoms with Gasteiger partial charge in [-0.1, -0.05) is 6.07 Å². The lowest BCUT2D eigenvalue weighted by atomic mass is 10.1. The van der Waals surface area contributed by atoms with Crippen LogP contribution >= 0.6 is 0 Å². The number of hydrogen-bond acceptors (Lipinski definition) is 4. The molecule has 2 atom stereocenters. The Kier molecular flexibility index (Phi) is 3.09. The van der Waals surface area contributed by atoms with E-state index < -0.39 is 27.8 Å². The summed E-state index contributed by atoms with van der Waals surface area (Å²) in [6.45, 7) is 1.77. The number of rotatable bonds is 2. The van der Waals surface area contributed by atoms with Crippen molar-refractivity contribution in [2.75, 3.05) is 16.8 Å². The molecule has 1 aromatic rings. The lowest BCUT2D eigenvalue weighted by Gasteiger charge is -2.16. The third-order valence-electron chi connectivity index (χ3n) is 2.79. The van der Waals surface area contributed by atoms with Crippen LogP contribution in [0.1, 0.15) is 5.56 Å². The van der Waals surface area contributed by atoms with E-state index in [9.17, 15) is 17.9 Å². The van der Waals surface area contributed by atoms with Gasteiger partial charge in [0.2, 0.25) is 0 Å². The molecule has 1 aliphatic rings. The first-order chi connectivity index (χ1) is 7.87. The number of anilines is 1. The van der Waals surface area contributed by atoms with E-state index >= 15 is 0 Å². The number of sulfone groups is 1. The van der Waals surface area contributed by atoms with E-state index in [-0.39, 0.29) is 17.2 Å². The van der Waals surface area contributed by atoms with Gasteiger partial charge in [0, 0.05) is 0 Å². The molecule has 0 aliphatic carbocycles. The molecule has 0 radical (unpaired) electrons. The molecule has 1 heterocycles. The highest BCUT2D eigenvalue weighted by Crippen LogP contribution is 2.21. The molecule has 0 bridgehead atoms. The van der Waals surface area contributed by atoms with Crippen molar-refractivity contribution in [2.45, 2.75) is 19.1 Å². The van der Waals surface area contributed by atoms with Crippen LogP contribution in [0.4, 0.5) is 10.1 Å². The molecule has 4 nitrogen and oxygen atoms in total. The first-order valence-electron chi connectivity index (χ1n) is 5.28. The molecule has 1 fully saturated rings. The van der Waals surface area contributed by atoms with Gasteiger partial charge in [-0.15, -0.1) is 0 Å². The van der Waals surface area contributed by atoms with E-state index in [1.807, 2.05) is 0 Å². The van der Waals surface area contributed by atoms with Crippen LogP contribution in [0.15, 0.2) is 18.2 Å². The molecule has 2 rings (SSSR count). The highest BCUT2D eigenvalue weighted by Gasteiger charge is 2.36. The Balaban J connectivity index is 2.17. The van der Waals surface area contributed by atoms with Gasteiger partial charge in [0.15, 0.2) is 9.84 Å². The molecule has 1 saturated heterocycles. The summed E-state index contributed by atoms with van der Waals surface area (Å²) in [5.41, 5.74) is 1.00. The Morgan fingerprint density at radius 3 is 2.65 bits per heavy atom. The predicted molar refractivity (Wildman–Crippen MR) is 63.2 cm³/mol. The van der Waals surface area contributed by atoms with Crippen molar-refractivity contribution in [3.8, 4) is 0 Å². The fourth-order valence-electron chi connectivity index (χ4n) is 1.90. The van der Waals surface area contributed by atoms with Crippen LogP contribution in [0.2, 0.25) is 0 Å². The van der Waals surface area contributed by atoms with Gasteiger partial charge < -0.3 is 10.4 Å². The van der Waals surface area contributed by atoms with Gasteiger partial charge in [-0.05, 0) is 24.6 Å². The Morgan fingerprint density at radius 2 is 2.12 bits per heavy atom. The molecule has 0 aromatic heterocycles. The van der Waals surface area contributed by atoms with Gasteiger partial charge in [0.25, 0.3) is 0 Å². The number of aliphatic hydroxyl groups is 1. The van der Waals surface area contributed by atoms with Gasteiger partial charge in [0.05, 0.1) is 29.3 Å². The van der Waals surface area contributed by atoms with Crippen molar-refractivity contribution in [2.24, 2.45) is 0 Å². The fraction of sp³-hybridized carbons (Fsp3) is 0.455. The van der Waals surface area contributed by atoms with Crippen LogP contribution in [0.25, 0.3) is 0 Å². The predicted octanol–water partition coefficient (Wildman–Crippen LogP) is 0.704. The minimum absolute atomic E-state index is 0.165. The van der Waals surface area contributed by atoms with E-state index in [0.717, 1.165) is 5.56 Å². The molecule has 94 valence electrons. The lowest BCUT2D eigenvalue weighted by molar-refractivity contribution is 0.190. The molecule has 0 spiro atoms. The standard InChI is InChI=1S/C11H14FNO3S/c1-7-2-3-9(8(12)4-7)13-10-5-17(15,16)6-11(10)14/h2-4,10-11,13-14H,5-6H2,1H3. The maximum Gasteiger partial charge on any atom is 0.155 e. The first-order valence-corrected chi connectivity index (χ1v) is 7.11. The summed E-state index contributed by atoms with van der Waals surface area (Å²) in [6.07, 6.45) is -0.985. The van der Waals surface area contributed by atoms with Crippen LogP contribution < -0.4 is 5.32 Å². The molecule has 2 N–H and O–H groups in total. The van der Waals surface area contributed by atoms with E-state index in [2.05, 4.69) is 5.32 Å². The minimum Gasteiger partial charge on any atom is -0.390 e. The second-order valence-electron chi connectivity index (χ2n) is 4.38. The normalized spacial score (nSPS) is 27.0. The smallest absolute Gasteiger partial charge is 0.155 e. The second kappa shape index (κ2) is 4.27. The van der Waals surface area contributed by atoms with Crippen molar-refractivity contribution in [1.82, 2.24) is 0 Å². The van der Waals surface area contributed by atoms with Crippen molar-refractivity contribution in [3.05, 3.63) is 29.6 Å². The number of benzene rings is 1. The maximum absolute atomic E-state index is 13.5. The average molecular weight is 259 g/mol. The van der Waals surface area contributed by atoms with Gasteiger partial charge in [-0.2, -0.15) is 0 Å². The quantitative estimate of drug-likeness (QED) is 0.820. The summed E-state index contributed by atoms with van der Waals surface area (Å²) in [7, 11) is -3.22. The van der Waals surface area contributed by atoms with Crippen LogP contribution in [-0.2, 0) is 9.84 Å². The number of aryl methyl sites for hydroxylation is 1. The molecule has 6 heteroatoms. The Labute approximate surface area is 99.4 Å². The van der Waals surface area contributed by atoms with Crippen LogP contribution in [0, 0.1) is 12.7 Å². The van der Waals surface area contributed by atoms with E-state index in [0.29, 0.717) is 0 Å². The third kappa shape index (κ3) is 2.76. The molecular formula is C11H14FNO3S. The topological polar surface area (TPSA) is 66.4 Å². The van der Waals surface area contributed by atoms with Gasteiger partial charge in [-0.25, -0.2) is 12.8 Å². The van der Waals surface area contributed by atoms with E-state index in [1.54, 1.807) is 19.1 Å². The Bertz CT molecular complexity index is 530. The van der Waals surface area contributed by atoms with E-state index in [4.69, 9.17) is 0 Å². The molecule has 0 amide bonds. The number of nitrogens with one attached hydrogen (secondary N) is 1. The molecule has 0 saturated carbocycles. The number of halogens is 1. The highest BCUT2D eigenvalue weighted by molar-refractivity contribution is 7.91. The SMILES string of the molecule is Cc1ccc(NC2CS(=O)(=O)CC2O)c(F)c1. The lowest BCUT2D eigenvalue weighted by Crippen LogP contribution is -2.32. The molecule has 1 aromatic carbocycles. The summed E-state index contributed by atoms with van der Waals surface area (Å²) >= 11 is 0. The molecular weight excluding hydrogens is 245 g/mol. The summed E-state index contributed by atoms with van der Waals surface area (Å²) in [5, 5.41) is 12.3. The van der Waals surface area contributed by atoms with Crippen molar-refractivity contribution < 1.29 is 17.9 Å². The minimum atomic E-state index is -3.22. The Hall–Kier alpha value is -1.14. The van der Waals surface area contributed by atoms with Crippen LogP contribution in [0.5, 0.6) is 0 Å². The Morgan fingerprint density at radius 1 is 1.41 bits per heavy atom. The van der Waals surface area contributed by atoms with Gasteiger partial charge in [0.1, 0.15) is 5.82 Å². The number of hydrogen-bond donors (Lipinski definition) is 2. The zero-order chi connectivity index (χ0) is 12.6. The maximum atomic E-state index is 13.5. The molecule has 17 heavy (non-hydrogen) atoms. The number of aliphatic hydroxyl groups excluding tert-OH is 1. The van der Waals surface area contributed by atoms with Gasteiger partial charge in [-0.3, -0.25) is 0 Å². The highest BCUT2D eigenvalue weighted by atomic mass is 32.2. The second-order valence-corrected chi connectivity index (χ2v) is 6.53. The fourth-order valence-corrected chi connectivity index (χ4v) is 3.65. The third-order valence-corrected chi connectivity index (χ3v) is 4.50. The zero-order valence-corrected chi connectivity index (χ0v) is 10.2. The summed E-state index contributed by atoms with van der Waals surface area (Å²) in [5.74, 6) is -0.874. The first kappa shape index (κ1) is 12.3. The summed E-state index contributed by atoms with van der Waals surface area (Å²) in [4.78, 5) is 0. The van der Waals surface area contributed by atoms with Gasteiger partial charge >= 0.3 is 0 Å². The monoisotopic (exact) mass is 259 g/mol. The largest absolute Gasteiger partial charge is 0.390 e. The summed E-state index contributed by atoms with van der Waals surface area (Å²) < 4.78 is 36.1. The average Bonchev–Trinajstić information content (AvgIpc) is 2.44. The summed E-state index contributed by atoms with van der Waals surface area (Å²) in [6, 6.07) is 3.99. The van der Waals surface area contributed by atoms with Crippen LogP contribution in [0.3, 0.4) is 0 Å². The zero-order valence-electron chi connectivity index (χ0n) is 9.35. The van der Waals surface area contributed by atoms with Crippen molar-refractivity contribution in [3.63, 3.8) is 0 Å².